The van der Waals surface area contributed by atoms with Gasteiger partial charge in [-0.05, 0) is 12.1 Å². The van der Waals surface area contributed by atoms with Gasteiger partial charge in [-0.25, -0.2) is 0 Å². The molecule has 0 aliphatic carbocycles. The van der Waals surface area contributed by atoms with Crippen LogP contribution in [0.1, 0.15) is 13.8 Å². The molecule has 7 nitrogen and oxygen atoms in total. The van der Waals surface area contributed by atoms with E-state index in [0.29, 0.717) is 0 Å². The highest BCUT2D eigenvalue weighted by atomic mass is 16.5. The Hall–Kier alpha value is -2.83. The summed E-state index contributed by atoms with van der Waals surface area (Å²) in [6.07, 6.45) is 1.54. The van der Waals surface area contributed by atoms with Gasteiger partial charge in [0.1, 0.15) is 5.76 Å². The molecule has 3 amide bonds. The highest BCUT2D eigenvalue weighted by molar-refractivity contribution is 6.01. The number of amides is 3. The van der Waals surface area contributed by atoms with Crippen molar-refractivity contribution in [3.05, 3.63) is 42.3 Å². The third-order valence-electron chi connectivity index (χ3n) is 3.21. The quantitative estimate of drug-likeness (QED) is 0.893. The van der Waals surface area contributed by atoms with Gasteiger partial charge in [-0.15, -0.1) is 0 Å². The van der Waals surface area contributed by atoms with E-state index >= 15 is 0 Å². The SMILES string of the molecule is COC1=CN(c2ccccc2)NC(=O)C1N(C(C)=O)C(C)=O. The van der Waals surface area contributed by atoms with Crippen LogP contribution in [-0.2, 0) is 19.1 Å². The van der Waals surface area contributed by atoms with Gasteiger partial charge < -0.3 is 4.74 Å². The molecular weight excluding hydrogens is 286 g/mol. The Balaban J connectivity index is 2.40. The molecule has 0 radical (unpaired) electrons. The zero-order valence-electron chi connectivity index (χ0n) is 12.6. The van der Waals surface area contributed by atoms with E-state index in [-0.39, 0.29) is 5.76 Å². The molecule has 0 saturated heterocycles. The third kappa shape index (κ3) is 2.93. The van der Waals surface area contributed by atoms with E-state index in [0.717, 1.165) is 10.6 Å². The Kier molecular flexibility index (Phi) is 4.45. The van der Waals surface area contributed by atoms with Crippen molar-refractivity contribution in [2.24, 2.45) is 0 Å². The number of ether oxygens (including phenoxy) is 1. The summed E-state index contributed by atoms with van der Waals surface area (Å²) in [6, 6.07) is 8.00. The van der Waals surface area contributed by atoms with Crippen molar-refractivity contribution in [2.45, 2.75) is 19.9 Å². The summed E-state index contributed by atoms with van der Waals surface area (Å²) in [7, 11) is 1.39. The van der Waals surface area contributed by atoms with Gasteiger partial charge in [-0.3, -0.25) is 29.7 Å². The lowest BCUT2D eigenvalue weighted by Crippen LogP contribution is -2.58. The van der Waals surface area contributed by atoms with Crippen molar-refractivity contribution in [1.29, 1.82) is 0 Å². The average Bonchev–Trinajstić information content (AvgIpc) is 2.49. The van der Waals surface area contributed by atoms with Crippen molar-refractivity contribution >= 4 is 23.4 Å². The molecule has 0 bridgehead atoms. The van der Waals surface area contributed by atoms with Crippen molar-refractivity contribution in [3.8, 4) is 0 Å². The van der Waals surface area contributed by atoms with E-state index in [1.807, 2.05) is 18.2 Å². The molecular formula is C15H17N3O4. The molecule has 0 spiro atoms. The minimum atomic E-state index is -1.11. The van der Waals surface area contributed by atoms with Crippen LogP contribution in [0.5, 0.6) is 0 Å². The molecule has 22 heavy (non-hydrogen) atoms. The highest BCUT2D eigenvalue weighted by Gasteiger charge is 2.39. The van der Waals surface area contributed by atoms with E-state index in [2.05, 4.69) is 5.43 Å². The van der Waals surface area contributed by atoms with Crippen molar-refractivity contribution < 1.29 is 19.1 Å². The highest BCUT2D eigenvalue weighted by Crippen LogP contribution is 2.22. The molecule has 116 valence electrons. The zero-order chi connectivity index (χ0) is 16.3. The van der Waals surface area contributed by atoms with Crippen molar-refractivity contribution in [2.75, 3.05) is 12.1 Å². The van der Waals surface area contributed by atoms with Crippen molar-refractivity contribution in [1.82, 2.24) is 10.3 Å². The molecule has 1 atom stereocenters. The molecule has 0 aromatic heterocycles. The van der Waals surface area contributed by atoms with Gasteiger partial charge in [0.2, 0.25) is 11.8 Å². The molecule has 1 heterocycles. The largest absolute Gasteiger partial charge is 0.497 e. The Labute approximate surface area is 128 Å². The Morgan fingerprint density at radius 2 is 1.77 bits per heavy atom. The molecule has 0 fully saturated rings. The number of benzene rings is 1. The minimum absolute atomic E-state index is 0.206. The van der Waals surface area contributed by atoms with Crippen LogP contribution in [0.15, 0.2) is 42.3 Å². The summed E-state index contributed by atoms with van der Waals surface area (Å²) in [5.41, 5.74) is 3.35. The predicted octanol–water partition coefficient (Wildman–Crippen LogP) is 0.789. The van der Waals surface area contributed by atoms with Gasteiger partial charge in [0.25, 0.3) is 5.91 Å². The van der Waals surface area contributed by atoms with Crippen LogP contribution in [-0.4, -0.2) is 35.8 Å². The van der Waals surface area contributed by atoms with Crippen LogP contribution in [0.2, 0.25) is 0 Å². The van der Waals surface area contributed by atoms with Crippen molar-refractivity contribution in [3.63, 3.8) is 0 Å². The zero-order valence-corrected chi connectivity index (χ0v) is 12.6. The van der Waals surface area contributed by atoms with Gasteiger partial charge >= 0.3 is 0 Å². The molecule has 0 saturated carbocycles. The normalized spacial score (nSPS) is 17.4. The van der Waals surface area contributed by atoms with Crippen LogP contribution in [0.4, 0.5) is 5.69 Å². The fraction of sp³-hybridized carbons (Fsp3) is 0.267. The molecule has 2 rings (SSSR count). The number of rotatable bonds is 3. The lowest BCUT2D eigenvalue weighted by molar-refractivity contribution is -0.150. The first-order chi connectivity index (χ1) is 10.5. The summed E-state index contributed by atoms with van der Waals surface area (Å²) in [6.45, 7) is 2.46. The second-order valence-corrected chi connectivity index (χ2v) is 4.73. The Morgan fingerprint density at radius 3 is 2.27 bits per heavy atom. The maximum Gasteiger partial charge on any atom is 0.270 e. The second kappa shape index (κ2) is 6.30. The second-order valence-electron chi connectivity index (χ2n) is 4.73. The topological polar surface area (TPSA) is 79.0 Å². The van der Waals surface area contributed by atoms with Crippen LogP contribution in [0.25, 0.3) is 0 Å². The molecule has 1 aliphatic rings. The summed E-state index contributed by atoms with van der Waals surface area (Å²) in [5, 5.41) is 1.48. The van der Waals surface area contributed by atoms with Gasteiger partial charge in [-0.1, -0.05) is 18.2 Å². The lowest BCUT2D eigenvalue weighted by atomic mass is 10.1. The standard InChI is InChI=1S/C15H17N3O4/c1-10(19)18(11(2)20)14-13(22-3)9-17(16-15(14)21)12-7-5-4-6-8-12/h4-9,14H,1-3H3,(H,16,21). The monoisotopic (exact) mass is 303 g/mol. The number of hydrazine groups is 1. The summed E-state index contributed by atoms with van der Waals surface area (Å²) in [5.74, 6) is -1.36. The molecule has 1 aliphatic heterocycles. The van der Waals surface area contributed by atoms with Crippen LogP contribution < -0.4 is 10.4 Å². The summed E-state index contributed by atoms with van der Waals surface area (Å²) < 4.78 is 5.22. The van der Waals surface area contributed by atoms with E-state index in [1.165, 1.54) is 26.0 Å². The van der Waals surface area contributed by atoms with Gasteiger partial charge in [-0.2, -0.15) is 0 Å². The lowest BCUT2D eigenvalue weighted by Gasteiger charge is -2.35. The number of imide groups is 1. The first-order valence-electron chi connectivity index (χ1n) is 6.66. The fourth-order valence-electron chi connectivity index (χ4n) is 2.26. The maximum atomic E-state index is 12.4. The van der Waals surface area contributed by atoms with Crippen LogP contribution >= 0.6 is 0 Å². The average molecular weight is 303 g/mol. The van der Waals surface area contributed by atoms with Gasteiger partial charge in [0.15, 0.2) is 6.04 Å². The van der Waals surface area contributed by atoms with Crippen LogP contribution in [0.3, 0.4) is 0 Å². The first-order valence-corrected chi connectivity index (χ1v) is 6.66. The predicted molar refractivity (Wildman–Crippen MR) is 79.1 cm³/mol. The number of hydrogen-bond acceptors (Lipinski definition) is 5. The van der Waals surface area contributed by atoms with E-state index < -0.39 is 23.8 Å². The van der Waals surface area contributed by atoms with E-state index in [4.69, 9.17) is 4.74 Å². The van der Waals surface area contributed by atoms with Gasteiger partial charge in [0.05, 0.1) is 19.0 Å². The number of carbonyl (C=O) groups excluding carboxylic acids is 3. The number of carbonyl (C=O) groups is 3. The third-order valence-corrected chi connectivity index (χ3v) is 3.21. The Morgan fingerprint density at radius 1 is 1.18 bits per heavy atom. The van der Waals surface area contributed by atoms with E-state index in [9.17, 15) is 14.4 Å². The number of nitrogens with one attached hydrogen (secondary N) is 1. The molecule has 7 heteroatoms. The molecule has 1 N–H and O–H groups in total. The minimum Gasteiger partial charge on any atom is -0.497 e. The van der Waals surface area contributed by atoms with Crippen LogP contribution in [0, 0.1) is 0 Å². The number of anilines is 1. The molecule has 1 aromatic rings. The maximum absolute atomic E-state index is 12.4. The van der Waals surface area contributed by atoms with Gasteiger partial charge in [0, 0.05) is 13.8 Å². The summed E-state index contributed by atoms with van der Waals surface area (Å²) >= 11 is 0. The smallest absolute Gasteiger partial charge is 0.270 e. The number of methoxy groups -OCH3 is 1. The first kappa shape index (κ1) is 15.6. The molecule has 1 aromatic carbocycles. The van der Waals surface area contributed by atoms with E-state index in [1.54, 1.807) is 18.3 Å². The molecule has 1 unspecified atom stereocenters. The number of hydrogen-bond donors (Lipinski definition) is 1. The number of nitrogens with zero attached hydrogens (tertiary/aromatic N) is 2. The Bertz CT molecular complexity index is 613. The summed E-state index contributed by atoms with van der Waals surface area (Å²) in [4.78, 5) is 36.6. The number of para-hydroxylation sites is 1. The fourth-order valence-corrected chi connectivity index (χ4v) is 2.26.